The molecule has 124 valence electrons. The Morgan fingerprint density at radius 3 is 2.68 bits per heavy atom. The van der Waals surface area contributed by atoms with E-state index in [9.17, 15) is 4.79 Å². The summed E-state index contributed by atoms with van der Waals surface area (Å²) in [6.07, 6.45) is 5.31. The van der Waals surface area contributed by atoms with E-state index < -0.39 is 0 Å². The molecule has 0 bridgehead atoms. The van der Waals surface area contributed by atoms with E-state index in [2.05, 4.69) is 20.6 Å². The molecule has 0 radical (unpaired) electrons. The SMILES string of the molecule is Cc1nn(C)c(N(C)C)c1CNCCC(=O)NC1CCCC1. The molecule has 1 aromatic heterocycles. The van der Waals surface area contributed by atoms with Gasteiger partial charge < -0.3 is 15.5 Å². The second kappa shape index (κ2) is 7.63. The van der Waals surface area contributed by atoms with Crippen LogP contribution >= 0.6 is 0 Å². The van der Waals surface area contributed by atoms with Crippen molar-refractivity contribution in [1.82, 2.24) is 20.4 Å². The van der Waals surface area contributed by atoms with Crippen molar-refractivity contribution in [3.05, 3.63) is 11.3 Å². The summed E-state index contributed by atoms with van der Waals surface area (Å²) in [7, 11) is 6.00. The molecule has 0 aromatic carbocycles. The van der Waals surface area contributed by atoms with E-state index in [1.165, 1.54) is 18.4 Å². The van der Waals surface area contributed by atoms with E-state index in [1.807, 2.05) is 32.7 Å². The lowest BCUT2D eigenvalue weighted by Gasteiger charge is -2.16. The third-order valence-electron chi connectivity index (χ3n) is 4.29. The lowest BCUT2D eigenvalue weighted by atomic mass is 10.2. The summed E-state index contributed by atoms with van der Waals surface area (Å²) in [6.45, 7) is 3.46. The molecular formula is C16H29N5O. The second-order valence-corrected chi connectivity index (χ2v) is 6.38. The molecule has 0 atom stereocenters. The first-order valence-electron chi connectivity index (χ1n) is 8.19. The fraction of sp³-hybridized carbons (Fsp3) is 0.750. The highest BCUT2D eigenvalue weighted by Gasteiger charge is 2.17. The van der Waals surface area contributed by atoms with Crippen LogP contribution < -0.4 is 15.5 Å². The maximum Gasteiger partial charge on any atom is 0.221 e. The number of carbonyl (C=O) groups excluding carboxylic acids is 1. The molecule has 1 saturated carbocycles. The lowest BCUT2D eigenvalue weighted by Crippen LogP contribution is -2.34. The van der Waals surface area contributed by atoms with E-state index in [1.54, 1.807) is 0 Å². The van der Waals surface area contributed by atoms with Gasteiger partial charge in [0.05, 0.1) is 5.69 Å². The van der Waals surface area contributed by atoms with Crippen LogP contribution in [0.4, 0.5) is 5.82 Å². The molecule has 0 spiro atoms. The number of hydrogen-bond acceptors (Lipinski definition) is 4. The van der Waals surface area contributed by atoms with Gasteiger partial charge in [0, 0.05) is 52.3 Å². The molecule has 1 aliphatic carbocycles. The third-order valence-corrected chi connectivity index (χ3v) is 4.29. The lowest BCUT2D eigenvalue weighted by molar-refractivity contribution is -0.121. The van der Waals surface area contributed by atoms with Crippen LogP contribution in [0.3, 0.4) is 0 Å². The first-order chi connectivity index (χ1) is 10.5. The van der Waals surface area contributed by atoms with Crippen LogP contribution in [-0.4, -0.2) is 42.4 Å². The van der Waals surface area contributed by atoms with Crippen molar-refractivity contribution in [3.63, 3.8) is 0 Å². The van der Waals surface area contributed by atoms with Gasteiger partial charge in [-0.3, -0.25) is 9.48 Å². The molecule has 2 rings (SSSR count). The zero-order valence-corrected chi connectivity index (χ0v) is 14.3. The van der Waals surface area contributed by atoms with Crippen LogP contribution in [0.15, 0.2) is 0 Å². The van der Waals surface area contributed by atoms with E-state index >= 15 is 0 Å². The molecule has 1 amide bonds. The Balaban J connectivity index is 1.75. The van der Waals surface area contributed by atoms with E-state index in [0.717, 1.165) is 30.9 Å². The highest BCUT2D eigenvalue weighted by molar-refractivity contribution is 5.76. The first-order valence-corrected chi connectivity index (χ1v) is 8.19. The second-order valence-electron chi connectivity index (χ2n) is 6.38. The Morgan fingerprint density at radius 1 is 1.36 bits per heavy atom. The molecule has 6 nitrogen and oxygen atoms in total. The van der Waals surface area contributed by atoms with Crippen LogP contribution in [0.1, 0.15) is 43.4 Å². The summed E-state index contributed by atoms with van der Waals surface area (Å²) < 4.78 is 1.90. The number of anilines is 1. The maximum absolute atomic E-state index is 11.9. The predicted molar refractivity (Wildman–Crippen MR) is 89.0 cm³/mol. The van der Waals surface area contributed by atoms with Gasteiger partial charge >= 0.3 is 0 Å². The smallest absolute Gasteiger partial charge is 0.221 e. The van der Waals surface area contributed by atoms with Gasteiger partial charge in [-0.05, 0) is 19.8 Å². The average Bonchev–Trinajstić information content (AvgIpc) is 3.02. The van der Waals surface area contributed by atoms with Gasteiger partial charge in [-0.2, -0.15) is 5.10 Å². The Labute approximate surface area is 133 Å². The van der Waals surface area contributed by atoms with Crippen LogP contribution in [0.25, 0.3) is 0 Å². The average molecular weight is 307 g/mol. The summed E-state index contributed by atoms with van der Waals surface area (Å²) in [5.41, 5.74) is 2.23. The molecule has 0 aliphatic heterocycles. The Kier molecular flexibility index (Phi) is 5.83. The van der Waals surface area contributed by atoms with E-state index in [-0.39, 0.29) is 5.91 Å². The molecule has 1 aliphatic rings. The van der Waals surface area contributed by atoms with Crippen molar-refractivity contribution < 1.29 is 4.79 Å². The predicted octanol–water partition coefficient (Wildman–Crippen LogP) is 1.33. The fourth-order valence-electron chi connectivity index (χ4n) is 3.24. The number of aryl methyl sites for hydroxylation is 2. The van der Waals surface area contributed by atoms with Crippen molar-refractivity contribution in [2.24, 2.45) is 7.05 Å². The van der Waals surface area contributed by atoms with Crippen molar-refractivity contribution >= 4 is 11.7 Å². The number of carbonyl (C=O) groups is 1. The number of rotatable bonds is 7. The number of hydrogen-bond donors (Lipinski definition) is 2. The van der Waals surface area contributed by atoms with Gasteiger partial charge in [0.25, 0.3) is 0 Å². The van der Waals surface area contributed by atoms with Crippen molar-refractivity contribution in [2.45, 2.75) is 51.6 Å². The minimum atomic E-state index is 0.162. The van der Waals surface area contributed by atoms with Crippen molar-refractivity contribution in [3.8, 4) is 0 Å². The largest absolute Gasteiger partial charge is 0.363 e. The zero-order valence-electron chi connectivity index (χ0n) is 14.3. The van der Waals surface area contributed by atoms with Gasteiger partial charge in [0.1, 0.15) is 5.82 Å². The quantitative estimate of drug-likeness (QED) is 0.746. The molecular weight excluding hydrogens is 278 g/mol. The fourth-order valence-corrected chi connectivity index (χ4v) is 3.24. The summed E-state index contributed by atoms with van der Waals surface area (Å²) >= 11 is 0. The number of nitrogens with zero attached hydrogens (tertiary/aromatic N) is 3. The number of amides is 1. The molecule has 1 aromatic rings. The summed E-state index contributed by atoms with van der Waals surface area (Å²) in [4.78, 5) is 14.0. The van der Waals surface area contributed by atoms with Crippen LogP contribution in [0, 0.1) is 6.92 Å². The van der Waals surface area contributed by atoms with Crippen LogP contribution in [-0.2, 0) is 18.4 Å². The molecule has 1 fully saturated rings. The van der Waals surface area contributed by atoms with Gasteiger partial charge in [-0.1, -0.05) is 12.8 Å². The van der Waals surface area contributed by atoms with Crippen molar-refractivity contribution in [2.75, 3.05) is 25.5 Å². The molecule has 1 heterocycles. The summed E-state index contributed by atoms with van der Waals surface area (Å²) in [6, 6.07) is 0.411. The minimum absolute atomic E-state index is 0.162. The van der Waals surface area contributed by atoms with Crippen LogP contribution in [0.2, 0.25) is 0 Å². The van der Waals surface area contributed by atoms with Gasteiger partial charge in [-0.25, -0.2) is 0 Å². The molecule has 0 unspecified atom stereocenters. The first kappa shape index (κ1) is 16.8. The van der Waals surface area contributed by atoms with Gasteiger partial charge in [-0.15, -0.1) is 0 Å². The van der Waals surface area contributed by atoms with Crippen molar-refractivity contribution in [1.29, 1.82) is 0 Å². The van der Waals surface area contributed by atoms with E-state index in [4.69, 9.17) is 0 Å². The summed E-state index contributed by atoms with van der Waals surface area (Å²) in [5, 5.41) is 11.0. The Bertz CT molecular complexity index is 503. The molecule has 6 heteroatoms. The highest BCUT2D eigenvalue weighted by Crippen LogP contribution is 2.21. The summed E-state index contributed by atoms with van der Waals surface area (Å²) in [5.74, 6) is 1.27. The van der Waals surface area contributed by atoms with Crippen LogP contribution in [0.5, 0.6) is 0 Å². The Hall–Kier alpha value is -1.56. The zero-order chi connectivity index (χ0) is 16.1. The van der Waals surface area contributed by atoms with Gasteiger partial charge in [0.15, 0.2) is 0 Å². The Morgan fingerprint density at radius 2 is 2.05 bits per heavy atom. The maximum atomic E-state index is 11.9. The normalized spacial score (nSPS) is 15.3. The standard InChI is InChI=1S/C16H29N5O/c1-12-14(16(20(2)3)21(4)19-12)11-17-10-9-15(22)18-13-7-5-6-8-13/h13,17H,5-11H2,1-4H3,(H,18,22). The molecule has 0 saturated heterocycles. The molecule has 22 heavy (non-hydrogen) atoms. The topological polar surface area (TPSA) is 62.2 Å². The van der Waals surface area contributed by atoms with E-state index in [0.29, 0.717) is 19.0 Å². The monoisotopic (exact) mass is 307 g/mol. The highest BCUT2D eigenvalue weighted by atomic mass is 16.1. The van der Waals surface area contributed by atoms with Gasteiger partial charge in [0.2, 0.25) is 5.91 Å². The third kappa shape index (κ3) is 4.22. The number of aromatic nitrogens is 2. The number of nitrogens with one attached hydrogen (secondary N) is 2. The minimum Gasteiger partial charge on any atom is -0.363 e. The molecule has 2 N–H and O–H groups in total.